The van der Waals surface area contributed by atoms with Crippen molar-refractivity contribution in [2.45, 2.75) is 30.6 Å². The molecule has 0 saturated carbocycles. The van der Waals surface area contributed by atoms with Gasteiger partial charge in [0.1, 0.15) is 6.29 Å². The van der Waals surface area contributed by atoms with Crippen molar-refractivity contribution in [2.75, 3.05) is 6.26 Å². The summed E-state index contributed by atoms with van der Waals surface area (Å²) in [6.45, 7) is 2.04. The Balaban J connectivity index is 2.40. The molecule has 0 bridgehead atoms. The number of carbonyl (C=O) groups excluding carboxylic acids is 1. The highest BCUT2D eigenvalue weighted by molar-refractivity contribution is 7.98. The number of H-pyrrole nitrogens is 2. The first-order valence-corrected chi connectivity index (χ1v) is 7.82. The lowest BCUT2D eigenvalue weighted by atomic mass is 9.95. The van der Waals surface area contributed by atoms with E-state index in [1.807, 2.05) is 37.4 Å². The van der Waals surface area contributed by atoms with Crippen LogP contribution in [-0.2, 0) is 11.2 Å². The molecular weight excluding hydrogens is 272 g/mol. The number of carbonyl (C=O) groups is 1. The van der Waals surface area contributed by atoms with Crippen molar-refractivity contribution in [1.82, 2.24) is 9.97 Å². The molecule has 1 atom stereocenters. The molecule has 2 N–H and O–H groups in total. The minimum absolute atomic E-state index is 0.254. The van der Waals surface area contributed by atoms with E-state index in [9.17, 15) is 9.59 Å². The third-order valence-corrected chi connectivity index (χ3v) is 4.00. The van der Waals surface area contributed by atoms with Crippen molar-refractivity contribution in [3.8, 4) is 0 Å². The summed E-state index contributed by atoms with van der Waals surface area (Å²) < 4.78 is 0. The van der Waals surface area contributed by atoms with Crippen LogP contribution in [0.1, 0.15) is 36.2 Å². The molecule has 0 aliphatic heterocycles. The minimum atomic E-state index is -0.425. The molecule has 20 heavy (non-hydrogen) atoms. The predicted molar refractivity (Wildman–Crippen MR) is 81.5 cm³/mol. The smallest absolute Gasteiger partial charge is 0.310 e. The Kier molecular flexibility index (Phi) is 4.84. The number of thioether (sulfide) groups is 1. The van der Waals surface area contributed by atoms with Gasteiger partial charge in [0.15, 0.2) is 0 Å². The van der Waals surface area contributed by atoms with Crippen molar-refractivity contribution in [3.05, 3.63) is 51.7 Å². The summed E-state index contributed by atoms with van der Waals surface area (Å²) in [5, 5.41) is 0. The molecule has 1 aromatic carbocycles. The Morgan fingerprint density at radius 2 is 1.95 bits per heavy atom. The van der Waals surface area contributed by atoms with E-state index < -0.39 is 5.92 Å². The predicted octanol–water partition coefficient (Wildman–Crippen LogP) is 2.71. The van der Waals surface area contributed by atoms with Crippen LogP contribution in [0.2, 0.25) is 0 Å². The number of hydrogen-bond acceptors (Lipinski definition) is 3. The maximum atomic E-state index is 11.5. The van der Waals surface area contributed by atoms with Gasteiger partial charge in [-0.05, 0) is 30.4 Å². The molecule has 5 heteroatoms. The second kappa shape index (κ2) is 6.61. The van der Waals surface area contributed by atoms with Gasteiger partial charge in [0.25, 0.3) is 0 Å². The third-order valence-electron chi connectivity index (χ3n) is 3.26. The first-order chi connectivity index (χ1) is 9.69. The number of hydrogen-bond donors (Lipinski definition) is 2. The van der Waals surface area contributed by atoms with Gasteiger partial charge in [-0.2, -0.15) is 0 Å². The van der Waals surface area contributed by atoms with Crippen molar-refractivity contribution in [3.63, 3.8) is 0 Å². The molecule has 1 aromatic heterocycles. The van der Waals surface area contributed by atoms with Gasteiger partial charge >= 0.3 is 5.69 Å². The monoisotopic (exact) mass is 290 g/mol. The fraction of sp³-hybridized carbons (Fsp3) is 0.333. The van der Waals surface area contributed by atoms with Gasteiger partial charge in [-0.15, -0.1) is 11.8 Å². The second-order valence-corrected chi connectivity index (χ2v) is 5.49. The number of aromatic nitrogens is 2. The Bertz CT molecular complexity index is 628. The van der Waals surface area contributed by atoms with Gasteiger partial charge in [-0.1, -0.05) is 25.5 Å². The highest BCUT2D eigenvalue weighted by Gasteiger charge is 2.19. The average molecular weight is 290 g/mol. The van der Waals surface area contributed by atoms with Gasteiger partial charge in [0.2, 0.25) is 0 Å². The number of rotatable bonds is 6. The van der Waals surface area contributed by atoms with E-state index in [4.69, 9.17) is 0 Å². The molecule has 0 aliphatic rings. The summed E-state index contributed by atoms with van der Waals surface area (Å²) in [6, 6.07) is 7.85. The molecule has 0 spiro atoms. The largest absolute Gasteiger partial charge is 0.323 e. The van der Waals surface area contributed by atoms with Crippen LogP contribution in [0.4, 0.5) is 0 Å². The molecule has 106 valence electrons. The Hall–Kier alpha value is -1.75. The summed E-state index contributed by atoms with van der Waals surface area (Å²) >= 11 is 1.66. The fourth-order valence-electron chi connectivity index (χ4n) is 2.27. The van der Waals surface area contributed by atoms with Gasteiger partial charge in [0.05, 0.1) is 11.6 Å². The topological polar surface area (TPSA) is 65.7 Å². The van der Waals surface area contributed by atoms with Gasteiger partial charge < -0.3 is 14.8 Å². The van der Waals surface area contributed by atoms with Crippen LogP contribution >= 0.6 is 11.8 Å². The van der Waals surface area contributed by atoms with E-state index in [-0.39, 0.29) is 5.69 Å². The lowest BCUT2D eigenvalue weighted by Crippen LogP contribution is -2.07. The van der Waals surface area contributed by atoms with Gasteiger partial charge in [-0.25, -0.2) is 4.79 Å². The number of imidazole rings is 1. The molecular formula is C15H18N2O2S. The first kappa shape index (κ1) is 14.7. The summed E-state index contributed by atoms with van der Waals surface area (Å²) in [4.78, 5) is 29.7. The zero-order valence-corrected chi connectivity index (χ0v) is 12.4. The van der Waals surface area contributed by atoms with Crippen LogP contribution in [0, 0.1) is 0 Å². The van der Waals surface area contributed by atoms with Crippen molar-refractivity contribution in [1.29, 1.82) is 0 Å². The van der Waals surface area contributed by atoms with Gasteiger partial charge in [0, 0.05) is 10.6 Å². The summed E-state index contributed by atoms with van der Waals surface area (Å²) in [5.41, 5.74) is 2.15. The van der Waals surface area contributed by atoms with Crippen LogP contribution in [0.3, 0.4) is 0 Å². The lowest BCUT2D eigenvalue weighted by molar-refractivity contribution is -0.108. The molecule has 2 rings (SSSR count). The molecule has 2 aromatic rings. The van der Waals surface area contributed by atoms with E-state index in [1.165, 1.54) is 0 Å². The number of benzene rings is 1. The average Bonchev–Trinajstić information content (AvgIpc) is 2.82. The quantitative estimate of drug-likeness (QED) is 0.635. The molecule has 0 radical (unpaired) electrons. The molecule has 0 saturated heterocycles. The molecule has 1 unspecified atom stereocenters. The number of aldehydes is 1. The van der Waals surface area contributed by atoms with E-state index in [0.717, 1.165) is 35.3 Å². The van der Waals surface area contributed by atoms with Crippen LogP contribution in [0.25, 0.3) is 0 Å². The highest BCUT2D eigenvalue weighted by Crippen LogP contribution is 2.25. The highest BCUT2D eigenvalue weighted by atomic mass is 32.2. The SMILES string of the molecule is CCCc1[nH]c(=O)[nH]c1C(C=O)c1ccc(SC)cc1. The Labute approximate surface area is 122 Å². The maximum Gasteiger partial charge on any atom is 0.323 e. The van der Waals surface area contributed by atoms with Crippen LogP contribution in [0.5, 0.6) is 0 Å². The fourth-order valence-corrected chi connectivity index (χ4v) is 2.68. The van der Waals surface area contributed by atoms with Crippen molar-refractivity contribution < 1.29 is 4.79 Å². The summed E-state index contributed by atoms with van der Waals surface area (Å²) in [5.74, 6) is -0.425. The minimum Gasteiger partial charge on any atom is -0.310 e. The number of nitrogens with one attached hydrogen (secondary N) is 2. The summed E-state index contributed by atoms with van der Waals surface area (Å²) in [7, 11) is 0. The van der Waals surface area contributed by atoms with E-state index in [2.05, 4.69) is 9.97 Å². The van der Waals surface area contributed by atoms with Crippen LogP contribution < -0.4 is 5.69 Å². The van der Waals surface area contributed by atoms with Gasteiger partial charge in [-0.3, -0.25) is 0 Å². The van der Waals surface area contributed by atoms with Crippen molar-refractivity contribution in [2.24, 2.45) is 0 Å². The Morgan fingerprint density at radius 3 is 2.50 bits per heavy atom. The Morgan fingerprint density at radius 1 is 1.25 bits per heavy atom. The zero-order valence-electron chi connectivity index (χ0n) is 11.6. The van der Waals surface area contributed by atoms with E-state index in [0.29, 0.717) is 5.69 Å². The maximum absolute atomic E-state index is 11.5. The number of aryl methyl sites for hydroxylation is 1. The lowest BCUT2D eigenvalue weighted by Gasteiger charge is -2.11. The molecule has 0 amide bonds. The standard InChI is InChI=1S/C15H18N2O2S/c1-3-4-13-14(17-15(19)16-13)12(9-18)10-5-7-11(20-2)8-6-10/h5-9,12H,3-4H2,1-2H3,(H2,16,17,19). The molecule has 1 heterocycles. The van der Waals surface area contributed by atoms with E-state index in [1.54, 1.807) is 11.8 Å². The normalized spacial score (nSPS) is 12.3. The van der Waals surface area contributed by atoms with Crippen molar-refractivity contribution >= 4 is 18.0 Å². The first-order valence-electron chi connectivity index (χ1n) is 6.59. The van der Waals surface area contributed by atoms with E-state index >= 15 is 0 Å². The van der Waals surface area contributed by atoms with Crippen LogP contribution in [-0.4, -0.2) is 22.5 Å². The summed E-state index contributed by atoms with van der Waals surface area (Å²) in [6.07, 6.45) is 4.56. The zero-order chi connectivity index (χ0) is 14.5. The molecule has 4 nitrogen and oxygen atoms in total. The number of aromatic amines is 2. The van der Waals surface area contributed by atoms with Crippen LogP contribution in [0.15, 0.2) is 34.0 Å². The second-order valence-electron chi connectivity index (χ2n) is 4.61. The molecule has 0 aliphatic carbocycles. The third kappa shape index (κ3) is 3.04. The molecule has 0 fully saturated rings.